The van der Waals surface area contributed by atoms with Gasteiger partial charge < -0.3 is 22.5 Å². The van der Waals surface area contributed by atoms with Crippen LogP contribution in [0.25, 0.3) is 285 Å². The van der Waals surface area contributed by atoms with Crippen LogP contribution in [0.5, 0.6) is 0 Å². The first-order valence-electron chi connectivity index (χ1n) is 47.9. The van der Waals surface area contributed by atoms with E-state index in [2.05, 4.69) is 475 Å². The van der Waals surface area contributed by atoms with Crippen LogP contribution in [0.1, 0.15) is 0 Å². The second-order valence-electron chi connectivity index (χ2n) is 36.6. The van der Waals surface area contributed by atoms with Gasteiger partial charge in [0.05, 0.1) is 64.3 Å². The highest BCUT2D eigenvalue weighted by atomic mass is 32.1. The van der Waals surface area contributed by atoms with Crippen molar-refractivity contribution in [1.82, 2.24) is 13.7 Å². The standard InChI is InChI=1S/2C48H29NOS.C36H21NS2/c1-3-12-30(13-4-1)32-24-26-40-38(28-32)39-29-33(31-14-5-2-6-15-31)25-27-41(39)49(40)42-20-9-19-37-47-35(18-11-23-45(47)51-48(37)42)34-17-10-22-44-46(34)36-16-7-8-21-43(36)50-44;1-3-11-30(12-4-1)32-21-24-41-38(27-32)39-28-33(31-13-5-2-6-14-31)22-25-42(39)49(41)43-18-9-17-37-47-35(16-10-20-46(47)51-48(37)43)34-23-26-45-40(29-34)36-15-7-8-19-44(36)50-45;1-4-17-29-22(10-1)23-11-2-5-18-30(23)37(29)31-19-8-16-28-34-25(13-9-21-33(34)39-36(28)31)27-15-7-14-26-24-12-3-6-20-32(24)38-35(26)27/h2*1-29H;1-21H. The van der Waals surface area contributed by atoms with Crippen molar-refractivity contribution in [3.8, 4) is 95.0 Å². The molecule has 31 rings (SSSR count). The zero-order valence-electron chi connectivity index (χ0n) is 75.9. The Balaban J connectivity index is 0.000000102. The summed E-state index contributed by atoms with van der Waals surface area (Å²) in [6, 6.07) is 174. The van der Waals surface area contributed by atoms with Gasteiger partial charge in [0.15, 0.2) is 0 Å². The van der Waals surface area contributed by atoms with Crippen molar-refractivity contribution < 1.29 is 8.83 Å². The largest absolute Gasteiger partial charge is 0.456 e. The molecule has 0 fully saturated rings. The second kappa shape index (κ2) is 32.7. The van der Waals surface area contributed by atoms with Crippen molar-refractivity contribution in [1.29, 1.82) is 0 Å². The Morgan fingerprint density at radius 1 is 0.142 bits per heavy atom. The van der Waals surface area contributed by atoms with Gasteiger partial charge >= 0.3 is 0 Å². The molecule has 0 atom stereocenters. The number of rotatable bonds is 10. The molecule has 31 aromatic rings. The summed E-state index contributed by atoms with van der Waals surface area (Å²) < 4.78 is 30.4. The molecule has 9 heteroatoms. The van der Waals surface area contributed by atoms with Crippen LogP contribution in [0.2, 0.25) is 0 Å². The van der Waals surface area contributed by atoms with Gasteiger partial charge in [0.1, 0.15) is 22.3 Å². The van der Waals surface area contributed by atoms with E-state index in [9.17, 15) is 0 Å². The molecule has 0 aliphatic heterocycles. The molecule has 0 saturated heterocycles. The molecule has 0 saturated carbocycles. The van der Waals surface area contributed by atoms with E-state index in [1.54, 1.807) is 0 Å². The molecule has 0 spiro atoms. The first kappa shape index (κ1) is 80.9. The van der Waals surface area contributed by atoms with Gasteiger partial charge in [-0.2, -0.15) is 0 Å². The van der Waals surface area contributed by atoms with Crippen molar-refractivity contribution in [3.05, 3.63) is 479 Å². The molecule has 0 radical (unpaired) electrons. The van der Waals surface area contributed by atoms with E-state index in [1.165, 1.54) is 246 Å². The van der Waals surface area contributed by atoms with Crippen LogP contribution in [0.3, 0.4) is 0 Å². The van der Waals surface area contributed by atoms with E-state index in [0.717, 1.165) is 38.5 Å². The van der Waals surface area contributed by atoms with E-state index >= 15 is 0 Å². The van der Waals surface area contributed by atoms with Gasteiger partial charge in [-0.1, -0.05) is 346 Å². The maximum absolute atomic E-state index is 6.32. The molecule has 0 N–H and O–H groups in total. The van der Waals surface area contributed by atoms with Crippen molar-refractivity contribution in [2.45, 2.75) is 0 Å². The van der Waals surface area contributed by atoms with Crippen LogP contribution < -0.4 is 0 Å². The summed E-state index contributed by atoms with van der Waals surface area (Å²) in [5, 5.41) is 22.7. The minimum Gasteiger partial charge on any atom is -0.456 e. The smallest absolute Gasteiger partial charge is 0.136 e. The normalized spacial score (nSPS) is 12.0. The topological polar surface area (TPSA) is 41.1 Å². The van der Waals surface area contributed by atoms with Gasteiger partial charge in [0, 0.05) is 126 Å². The Labute approximate surface area is 825 Å². The number of hydrogen-bond donors (Lipinski definition) is 0. The third kappa shape index (κ3) is 13.0. The Bertz CT molecular complexity index is 10300. The molecule has 0 bridgehead atoms. The van der Waals surface area contributed by atoms with Crippen molar-refractivity contribution >= 4 is 235 Å². The Kier molecular flexibility index (Phi) is 18.8. The molecule has 22 aromatic carbocycles. The predicted octanol–water partition coefficient (Wildman–Crippen LogP) is 39.3. The monoisotopic (exact) mass is 1870 g/mol. The average molecular weight is 1870 g/mol. The predicted molar refractivity (Wildman–Crippen MR) is 607 cm³/mol. The molecule has 9 aromatic heterocycles. The number of nitrogens with zero attached hydrogens (tertiary/aromatic N) is 3. The first-order valence-corrected chi connectivity index (χ1v) is 51.1. The fourth-order valence-electron chi connectivity index (χ4n) is 22.6. The molecule has 658 valence electrons. The zero-order chi connectivity index (χ0) is 92.4. The van der Waals surface area contributed by atoms with Crippen molar-refractivity contribution in [2.75, 3.05) is 0 Å². The fraction of sp³-hybridized carbons (Fsp3) is 0. The number of hydrogen-bond acceptors (Lipinski definition) is 6. The lowest BCUT2D eigenvalue weighted by molar-refractivity contribution is 0.668. The number of thiophene rings is 4. The molecule has 0 aliphatic carbocycles. The quantitative estimate of drug-likeness (QED) is 0.137. The van der Waals surface area contributed by atoms with E-state index in [4.69, 9.17) is 8.83 Å². The summed E-state index contributed by atoms with van der Waals surface area (Å²) in [4.78, 5) is 0. The lowest BCUT2D eigenvalue weighted by Crippen LogP contribution is -1.94. The second-order valence-corrected chi connectivity index (χ2v) is 40.8. The maximum Gasteiger partial charge on any atom is 0.136 e. The van der Waals surface area contributed by atoms with Crippen LogP contribution in [0.15, 0.2) is 488 Å². The summed E-state index contributed by atoms with van der Waals surface area (Å²) in [5.74, 6) is 0. The number of para-hydroxylation sites is 4. The molecule has 5 nitrogen and oxygen atoms in total. The van der Waals surface area contributed by atoms with Gasteiger partial charge in [0.2, 0.25) is 0 Å². The van der Waals surface area contributed by atoms with Crippen molar-refractivity contribution in [2.24, 2.45) is 0 Å². The molecule has 0 unspecified atom stereocenters. The van der Waals surface area contributed by atoms with Gasteiger partial charge in [-0.05, 0) is 206 Å². The van der Waals surface area contributed by atoms with E-state index in [0.29, 0.717) is 0 Å². The molecular weight excluding hydrogens is 1790 g/mol. The maximum atomic E-state index is 6.32. The minimum absolute atomic E-state index is 0.918. The summed E-state index contributed by atoms with van der Waals surface area (Å²) in [6.07, 6.45) is 0. The highest BCUT2D eigenvalue weighted by Crippen LogP contribution is 2.53. The summed E-state index contributed by atoms with van der Waals surface area (Å²) in [7, 11) is 0. The van der Waals surface area contributed by atoms with Crippen LogP contribution >= 0.6 is 45.3 Å². The highest BCUT2D eigenvalue weighted by molar-refractivity contribution is 7.28. The third-order valence-electron chi connectivity index (χ3n) is 28.8. The number of aromatic nitrogens is 3. The number of benzene rings is 22. The summed E-state index contributed by atoms with van der Waals surface area (Å²) in [5.41, 5.74) is 31.9. The van der Waals surface area contributed by atoms with Gasteiger partial charge in [-0.25, -0.2) is 0 Å². The molecular formula is C132H79N3O2S4. The van der Waals surface area contributed by atoms with Gasteiger partial charge in [0.25, 0.3) is 0 Å². The fourth-order valence-corrected chi connectivity index (χ4v) is 27.5. The third-order valence-corrected chi connectivity index (χ3v) is 33.6. The Hall–Kier alpha value is -17.3. The Morgan fingerprint density at radius 3 is 0.908 bits per heavy atom. The first-order chi connectivity index (χ1) is 69.9. The van der Waals surface area contributed by atoms with Crippen LogP contribution in [0.4, 0.5) is 0 Å². The summed E-state index contributed by atoms with van der Waals surface area (Å²) in [6.45, 7) is 0. The molecule has 0 aliphatic rings. The Morgan fingerprint density at radius 2 is 0.433 bits per heavy atom. The average Bonchev–Trinajstić information content (AvgIpc) is 1.53. The van der Waals surface area contributed by atoms with Crippen LogP contribution in [0, 0.1) is 0 Å². The molecule has 141 heavy (non-hydrogen) atoms. The van der Waals surface area contributed by atoms with E-state index in [1.807, 2.05) is 63.5 Å². The number of fused-ring (bicyclic) bond motifs is 27. The highest BCUT2D eigenvalue weighted by Gasteiger charge is 2.27. The summed E-state index contributed by atoms with van der Waals surface area (Å²) >= 11 is 7.57. The zero-order valence-corrected chi connectivity index (χ0v) is 79.2. The van der Waals surface area contributed by atoms with Gasteiger partial charge in [-0.15, -0.1) is 45.3 Å². The van der Waals surface area contributed by atoms with Crippen LogP contribution in [-0.2, 0) is 0 Å². The van der Waals surface area contributed by atoms with Gasteiger partial charge in [-0.3, -0.25) is 0 Å². The van der Waals surface area contributed by atoms with E-state index in [-0.39, 0.29) is 0 Å². The SMILES string of the molecule is c1ccc(-c2ccc3c(c2)c2cc(-c4ccccc4)ccc2n3-c2cccc3c2sc2cccc(-c4ccc5oc6ccccc6c5c4)c23)cc1.c1ccc(-c2ccc3c(c2)c2cc(-c4ccccc4)ccc2n3-c2cccc3c2sc2cccc(-c4cccc5oc6ccccc6c45)c23)cc1.c1ccc2c(c1)sc1c(-c3cccc4sc5c(-n6c7ccccc7c7ccccc76)cccc5c34)cccc12. The lowest BCUT2D eigenvalue weighted by atomic mass is 9.95. The van der Waals surface area contributed by atoms with Crippen molar-refractivity contribution in [3.63, 3.8) is 0 Å². The molecule has 0 amide bonds. The molecule has 9 heterocycles. The van der Waals surface area contributed by atoms with Crippen LogP contribution in [-0.4, -0.2) is 13.7 Å². The minimum atomic E-state index is 0.918. The van der Waals surface area contributed by atoms with E-state index < -0.39 is 0 Å². The lowest BCUT2D eigenvalue weighted by Gasteiger charge is -2.11. The number of furan rings is 2.